The number of aryl methyl sites for hydroxylation is 4. The van der Waals surface area contributed by atoms with Gasteiger partial charge in [0, 0.05) is 0 Å². The van der Waals surface area contributed by atoms with Gasteiger partial charge in [-0.25, -0.2) is 0 Å². The molecule has 2 atom stereocenters. The Hall–Kier alpha value is -4.66. The van der Waals surface area contributed by atoms with Crippen molar-refractivity contribution in [2.45, 2.75) is 48.8 Å². The Morgan fingerprint density at radius 1 is 0.474 bits per heavy atom. The molecule has 0 radical (unpaired) electrons. The normalized spacial score (nSPS) is 16.3. The molecule has 57 heavy (non-hydrogen) atoms. The minimum absolute atomic E-state index is 0.241. The Balaban J connectivity index is 1.25. The third-order valence-corrected chi connectivity index (χ3v) is 24.6. The van der Waals surface area contributed by atoms with Gasteiger partial charge in [-0.2, -0.15) is 0 Å². The van der Waals surface area contributed by atoms with E-state index in [1.54, 1.807) is 0 Å². The maximum absolute atomic E-state index is 8.49. The van der Waals surface area contributed by atoms with Crippen molar-refractivity contribution in [3.8, 4) is 22.3 Å². The van der Waals surface area contributed by atoms with Crippen LogP contribution in [0.3, 0.4) is 0 Å². The molecule has 0 saturated heterocycles. The van der Waals surface area contributed by atoms with Crippen LogP contribution in [0.15, 0.2) is 130 Å². The van der Waals surface area contributed by atoms with Crippen LogP contribution in [0.1, 0.15) is 74.8 Å². The Kier molecular flexibility index (Phi) is 8.83. The fourth-order valence-corrected chi connectivity index (χ4v) is 22.5. The van der Waals surface area contributed by atoms with E-state index in [1.165, 1.54) is 88.3 Å². The summed E-state index contributed by atoms with van der Waals surface area (Å²) < 4.78 is 12.5. The van der Waals surface area contributed by atoms with Gasteiger partial charge in [0.05, 0.1) is 0 Å². The summed E-state index contributed by atoms with van der Waals surface area (Å²) in [5.41, 5.74) is 16.7. The molecule has 0 spiro atoms. The van der Waals surface area contributed by atoms with Gasteiger partial charge in [-0.05, 0) is 0 Å². The molecule has 2 unspecified atom stereocenters. The molecule has 2 aromatic heterocycles. The van der Waals surface area contributed by atoms with Gasteiger partial charge in [-0.15, -0.1) is 0 Å². The quantitative estimate of drug-likeness (QED) is 0.166. The van der Waals surface area contributed by atoms with Gasteiger partial charge in [-0.1, -0.05) is 0 Å². The first kappa shape index (κ1) is 36.7. The molecule has 2 nitrogen and oxygen atoms in total. The van der Waals surface area contributed by atoms with E-state index in [-0.39, 0.29) is 7.25 Å². The van der Waals surface area contributed by atoms with Gasteiger partial charge in [0.25, 0.3) is 0 Å². The number of furan rings is 2. The van der Waals surface area contributed by atoms with E-state index in [1.807, 2.05) is 26.0 Å². The summed E-state index contributed by atoms with van der Waals surface area (Å²) in [5.74, 6) is 3.36. The fourth-order valence-electron chi connectivity index (χ4n) is 9.71. The molecule has 0 N–H and O–H groups in total. The number of allylic oxidation sites excluding steroid dienone is 2. The number of hydrogen-bond donors (Lipinski definition) is 0. The van der Waals surface area contributed by atoms with Gasteiger partial charge < -0.3 is 0 Å². The summed E-state index contributed by atoms with van der Waals surface area (Å²) in [6.45, 7) is 12.9. The molecule has 6 aromatic carbocycles. The van der Waals surface area contributed by atoms with Gasteiger partial charge >= 0.3 is 349 Å². The van der Waals surface area contributed by atoms with Crippen LogP contribution in [0, 0.1) is 41.5 Å². The number of hydrogen-bond acceptors (Lipinski definition) is 2. The SMILES string of the molecule is Cc1ccc(C2=Cc3c(cc(C)c(C)c3-c3cccc4ccccc34)[CH]2[Zr]([Cl])([Cl])[CH]2C(c3ccc(C)o3)=Cc3c2cc(C)c(C)c3-c2cccc3ccccc23)o1. The summed E-state index contributed by atoms with van der Waals surface area (Å²) in [5, 5.41) is 4.88. The Morgan fingerprint density at radius 3 is 1.28 bits per heavy atom. The van der Waals surface area contributed by atoms with Gasteiger partial charge in [0.1, 0.15) is 0 Å². The van der Waals surface area contributed by atoms with Crippen LogP contribution in [0.4, 0.5) is 0 Å². The molecule has 10 rings (SSSR count). The molecule has 2 aliphatic rings. The van der Waals surface area contributed by atoms with Crippen molar-refractivity contribution in [3.63, 3.8) is 0 Å². The molecular formula is C52H42Cl2O2Zr. The average molecular weight is 861 g/mol. The standard InChI is InChI=1S/2C26H21O.2ClH.Zr/c2*1-16-13-20-14-21(25-12-11-17(2)27-25)15-24(20)26(18(16)3)23-10-6-8-19-7-4-5-9-22(19)23;;;/h2*4-15H,1-3H3;2*1H;/q;;;;+2/p-2. The van der Waals surface area contributed by atoms with Crippen molar-refractivity contribution in [2.75, 3.05) is 0 Å². The molecule has 280 valence electrons. The minimum atomic E-state index is -4.67. The van der Waals surface area contributed by atoms with Crippen LogP contribution < -0.4 is 0 Å². The molecule has 0 saturated carbocycles. The molecule has 0 bridgehead atoms. The fraction of sp³-hybridized carbons (Fsp3) is 0.154. The van der Waals surface area contributed by atoms with E-state index >= 15 is 0 Å². The van der Waals surface area contributed by atoms with E-state index in [0.717, 1.165) is 34.2 Å². The third-order valence-electron chi connectivity index (χ3n) is 12.6. The average Bonchev–Trinajstić information content (AvgIpc) is 4.01. The Labute approximate surface area is 346 Å². The van der Waals surface area contributed by atoms with E-state index in [4.69, 9.17) is 25.9 Å². The predicted molar refractivity (Wildman–Crippen MR) is 238 cm³/mol. The van der Waals surface area contributed by atoms with Crippen molar-refractivity contribution in [1.29, 1.82) is 0 Å². The van der Waals surface area contributed by atoms with E-state index in [9.17, 15) is 0 Å². The number of rotatable bonds is 6. The summed E-state index contributed by atoms with van der Waals surface area (Å²) in [4.78, 5) is 0. The molecule has 8 aromatic rings. The van der Waals surface area contributed by atoms with Gasteiger partial charge in [-0.3, -0.25) is 0 Å². The monoisotopic (exact) mass is 858 g/mol. The molecule has 0 fully saturated rings. The first-order valence-corrected chi connectivity index (χ1v) is 28.9. The second-order valence-corrected chi connectivity index (χ2v) is 30.7. The first-order chi connectivity index (χ1) is 27.5. The second kappa shape index (κ2) is 13.7. The zero-order valence-electron chi connectivity index (χ0n) is 32.9. The third kappa shape index (κ3) is 5.76. The van der Waals surface area contributed by atoms with Crippen LogP contribution in [0.2, 0.25) is 0 Å². The number of fused-ring (bicyclic) bond motifs is 4. The zero-order valence-corrected chi connectivity index (χ0v) is 36.9. The van der Waals surface area contributed by atoms with Gasteiger partial charge in [0.15, 0.2) is 0 Å². The maximum atomic E-state index is 8.49. The zero-order chi connectivity index (χ0) is 39.3. The summed E-state index contributed by atoms with van der Waals surface area (Å²) >= 11 is -4.67. The van der Waals surface area contributed by atoms with Crippen molar-refractivity contribution in [1.82, 2.24) is 0 Å². The van der Waals surface area contributed by atoms with Crippen molar-refractivity contribution < 1.29 is 26.7 Å². The van der Waals surface area contributed by atoms with Crippen molar-refractivity contribution in [2.24, 2.45) is 0 Å². The Morgan fingerprint density at radius 2 is 0.877 bits per heavy atom. The van der Waals surface area contributed by atoms with Crippen LogP contribution >= 0.6 is 17.0 Å². The molecular weight excluding hydrogens is 819 g/mol. The van der Waals surface area contributed by atoms with Crippen LogP contribution in [0.5, 0.6) is 0 Å². The van der Waals surface area contributed by atoms with Crippen LogP contribution in [-0.2, 0) is 17.9 Å². The van der Waals surface area contributed by atoms with E-state index in [2.05, 4.69) is 149 Å². The summed E-state index contributed by atoms with van der Waals surface area (Å²) in [6, 6.07) is 43.5. The van der Waals surface area contributed by atoms with Gasteiger partial charge in [0.2, 0.25) is 0 Å². The molecule has 0 aliphatic heterocycles. The molecule has 5 heteroatoms. The first-order valence-electron chi connectivity index (χ1n) is 19.7. The summed E-state index contributed by atoms with van der Waals surface area (Å²) in [6.07, 6.45) is 4.69. The van der Waals surface area contributed by atoms with Crippen LogP contribution in [-0.4, -0.2) is 0 Å². The second-order valence-electron chi connectivity index (χ2n) is 16.0. The predicted octanol–water partition coefficient (Wildman–Crippen LogP) is 15.7. The number of halogens is 2. The summed E-state index contributed by atoms with van der Waals surface area (Å²) in [7, 11) is 17.0. The van der Waals surface area contributed by atoms with Crippen LogP contribution in [0.25, 0.3) is 67.1 Å². The van der Waals surface area contributed by atoms with Crippen molar-refractivity contribution in [3.05, 3.63) is 189 Å². The topological polar surface area (TPSA) is 26.3 Å². The van der Waals surface area contributed by atoms with E-state index in [0.29, 0.717) is 0 Å². The van der Waals surface area contributed by atoms with E-state index < -0.39 is 17.9 Å². The molecule has 2 heterocycles. The molecule has 0 amide bonds. The molecule has 2 aliphatic carbocycles. The number of benzene rings is 6. The Bertz CT molecular complexity index is 2810. The van der Waals surface area contributed by atoms with Crippen molar-refractivity contribution >= 4 is 61.9 Å².